The number of rotatable bonds is 4. The molecule has 4 rings (SSSR count). The van der Waals surface area contributed by atoms with E-state index in [2.05, 4.69) is 0 Å². The number of hydrogen-bond acceptors (Lipinski definition) is 2. The molecule has 0 radical (unpaired) electrons. The lowest BCUT2D eigenvalue weighted by atomic mass is 10.1. The van der Waals surface area contributed by atoms with Crippen LogP contribution in [0.1, 0.15) is 21.5 Å². The Labute approximate surface area is 154 Å². The minimum atomic E-state index is -4.34. The van der Waals surface area contributed by atoms with Gasteiger partial charge in [-0.3, -0.25) is 14.6 Å². The van der Waals surface area contributed by atoms with Gasteiger partial charge in [0.2, 0.25) is 0 Å². The summed E-state index contributed by atoms with van der Waals surface area (Å²) >= 11 is 0. The van der Waals surface area contributed by atoms with Crippen LogP contribution in [0, 0.1) is 0 Å². The highest BCUT2D eigenvalue weighted by Crippen LogP contribution is 2.37. The molecule has 0 N–H and O–H groups in total. The molecule has 6 heteroatoms. The van der Waals surface area contributed by atoms with Gasteiger partial charge in [0.05, 0.1) is 17.9 Å². The lowest BCUT2D eigenvalue weighted by molar-refractivity contribution is -0.137. The van der Waals surface area contributed by atoms with Gasteiger partial charge in [-0.25, -0.2) is 0 Å². The van der Waals surface area contributed by atoms with Crippen LogP contribution in [0.5, 0.6) is 0 Å². The maximum absolute atomic E-state index is 12.8. The van der Waals surface area contributed by atoms with Gasteiger partial charge < -0.3 is 0 Å². The lowest BCUT2D eigenvalue weighted by Gasteiger charge is -2.25. The molecule has 0 aliphatic carbocycles. The Bertz CT molecular complexity index is 1010. The van der Waals surface area contributed by atoms with E-state index in [4.69, 9.17) is 0 Å². The lowest BCUT2D eigenvalue weighted by Crippen LogP contribution is -2.37. The minimum Gasteiger partial charge on any atom is -0.294 e. The fraction of sp³-hybridized carbons (Fsp3) is 0.190. The van der Waals surface area contributed by atoms with Crippen LogP contribution in [0.4, 0.5) is 18.9 Å². The SMILES string of the molecule is CN(Cc1ccc(C(F)(F)F)cc1)CN1C(=O)c2cccc3cccc1c23. The fourth-order valence-electron chi connectivity index (χ4n) is 3.52. The highest BCUT2D eigenvalue weighted by molar-refractivity contribution is 6.24. The van der Waals surface area contributed by atoms with E-state index in [1.54, 1.807) is 4.90 Å². The first kappa shape index (κ1) is 17.5. The molecular formula is C21H17F3N2O. The summed E-state index contributed by atoms with van der Waals surface area (Å²) in [5, 5.41) is 1.97. The second-order valence-corrected chi connectivity index (χ2v) is 6.76. The maximum Gasteiger partial charge on any atom is 0.416 e. The van der Waals surface area contributed by atoms with E-state index in [9.17, 15) is 18.0 Å². The van der Waals surface area contributed by atoms with Crippen LogP contribution in [0.15, 0.2) is 60.7 Å². The monoisotopic (exact) mass is 370 g/mol. The Hall–Kier alpha value is -2.86. The second kappa shape index (κ2) is 6.39. The van der Waals surface area contributed by atoms with Gasteiger partial charge in [-0.1, -0.05) is 36.4 Å². The van der Waals surface area contributed by atoms with E-state index in [0.29, 0.717) is 18.8 Å². The Morgan fingerprint density at radius 2 is 1.63 bits per heavy atom. The predicted octanol–water partition coefficient (Wildman–Crippen LogP) is 4.91. The van der Waals surface area contributed by atoms with Crippen LogP contribution in [0.25, 0.3) is 10.8 Å². The molecule has 0 atom stereocenters. The molecule has 0 bridgehead atoms. The number of carbonyl (C=O) groups is 1. The summed E-state index contributed by atoms with van der Waals surface area (Å²) in [5.41, 5.74) is 1.65. The standard InChI is InChI=1S/C21H17F3N2O/c1-25(12-14-8-10-16(11-9-14)21(22,23)24)13-26-18-7-3-5-15-4-2-6-17(19(15)18)20(26)27/h2-11H,12-13H2,1H3. The van der Waals surface area contributed by atoms with Crippen molar-refractivity contribution in [3.05, 3.63) is 77.4 Å². The van der Waals surface area contributed by atoms with Gasteiger partial charge >= 0.3 is 6.18 Å². The summed E-state index contributed by atoms with van der Waals surface area (Å²) in [5.74, 6) is -0.0546. The fourth-order valence-corrected chi connectivity index (χ4v) is 3.52. The Morgan fingerprint density at radius 3 is 2.30 bits per heavy atom. The van der Waals surface area contributed by atoms with Gasteiger partial charge in [0.1, 0.15) is 0 Å². The van der Waals surface area contributed by atoms with Crippen LogP contribution in [0.2, 0.25) is 0 Å². The maximum atomic E-state index is 12.8. The van der Waals surface area contributed by atoms with Crippen molar-refractivity contribution in [3.8, 4) is 0 Å². The molecule has 3 nitrogen and oxygen atoms in total. The van der Waals surface area contributed by atoms with Gasteiger partial charge in [0, 0.05) is 17.5 Å². The van der Waals surface area contributed by atoms with Gasteiger partial charge in [-0.15, -0.1) is 0 Å². The summed E-state index contributed by atoms with van der Waals surface area (Å²) in [6.45, 7) is 0.794. The highest BCUT2D eigenvalue weighted by atomic mass is 19.4. The molecule has 0 fully saturated rings. The molecule has 0 saturated carbocycles. The summed E-state index contributed by atoms with van der Waals surface area (Å²) < 4.78 is 38.0. The predicted molar refractivity (Wildman–Crippen MR) is 98.5 cm³/mol. The van der Waals surface area contributed by atoms with Crippen molar-refractivity contribution >= 4 is 22.4 Å². The third-order valence-electron chi connectivity index (χ3n) is 4.77. The molecule has 1 heterocycles. The summed E-state index contributed by atoms with van der Waals surface area (Å²) in [4.78, 5) is 16.4. The molecule has 1 amide bonds. The molecule has 1 aliphatic rings. The minimum absolute atomic E-state index is 0.0546. The first-order valence-corrected chi connectivity index (χ1v) is 8.53. The van der Waals surface area contributed by atoms with Crippen LogP contribution in [-0.4, -0.2) is 24.5 Å². The average molecular weight is 370 g/mol. The first-order chi connectivity index (χ1) is 12.8. The molecule has 0 aromatic heterocycles. The van der Waals surface area contributed by atoms with E-state index in [0.717, 1.165) is 34.2 Å². The number of hydrogen-bond donors (Lipinski definition) is 0. The molecule has 0 unspecified atom stereocenters. The van der Waals surface area contributed by atoms with E-state index < -0.39 is 11.7 Å². The third kappa shape index (κ3) is 3.17. The largest absolute Gasteiger partial charge is 0.416 e. The van der Waals surface area contributed by atoms with Crippen LogP contribution < -0.4 is 4.90 Å². The number of benzene rings is 3. The van der Waals surface area contributed by atoms with Crippen molar-refractivity contribution in [1.29, 1.82) is 0 Å². The zero-order valence-electron chi connectivity index (χ0n) is 14.6. The molecule has 27 heavy (non-hydrogen) atoms. The molecule has 3 aromatic rings. The normalized spacial score (nSPS) is 13.8. The van der Waals surface area contributed by atoms with Gasteiger partial charge in [0.25, 0.3) is 5.91 Å². The van der Waals surface area contributed by atoms with Crippen molar-refractivity contribution in [2.75, 3.05) is 18.6 Å². The highest BCUT2D eigenvalue weighted by Gasteiger charge is 2.31. The van der Waals surface area contributed by atoms with Crippen molar-refractivity contribution < 1.29 is 18.0 Å². The number of halogens is 3. The van der Waals surface area contributed by atoms with Crippen LogP contribution >= 0.6 is 0 Å². The second-order valence-electron chi connectivity index (χ2n) is 6.76. The van der Waals surface area contributed by atoms with Crippen LogP contribution in [0.3, 0.4) is 0 Å². The first-order valence-electron chi connectivity index (χ1n) is 8.53. The van der Waals surface area contributed by atoms with Gasteiger partial charge in [-0.05, 0) is 42.3 Å². The smallest absolute Gasteiger partial charge is 0.294 e. The van der Waals surface area contributed by atoms with E-state index in [1.165, 1.54) is 12.1 Å². The van der Waals surface area contributed by atoms with Crippen molar-refractivity contribution in [3.63, 3.8) is 0 Å². The van der Waals surface area contributed by atoms with Crippen molar-refractivity contribution in [2.45, 2.75) is 12.7 Å². The topological polar surface area (TPSA) is 23.6 Å². The van der Waals surface area contributed by atoms with Crippen molar-refractivity contribution in [1.82, 2.24) is 4.90 Å². The number of alkyl halides is 3. The summed E-state index contributed by atoms with van der Waals surface area (Å²) in [6.07, 6.45) is -4.34. The average Bonchev–Trinajstić information content (AvgIpc) is 2.90. The van der Waals surface area contributed by atoms with Crippen molar-refractivity contribution in [2.24, 2.45) is 0 Å². The zero-order valence-corrected chi connectivity index (χ0v) is 14.6. The van der Waals surface area contributed by atoms with E-state index in [-0.39, 0.29) is 5.91 Å². The molecular weight excluding hydrogens is 353 g/mol. The van der Waals surface area contributed by atoms with Crippen LogP contribution in [-0.2, 0) is 12.7 Å². The Kier molecular flexibility index (Phi) is 4.15. The van der Waals surface area contributed by atoms with E-state index >= 15 is 0 Å². The zero-order chi connectivity index (χ0) is 19.2. The molecule has 138 valence electrons. The summed E-state index contributed by atoms with van der Waals surface area (Å²) in [7, 11) is 1.84. The number of amides is 1. The molecule has 0 saturated heterocycles. The summed E-state index contributed by atoms with van der Waals surface area (Å²) in [6, 6.07) is 16.6. The van der Waals surface area contributed by atoms with Gasteiger partial charge in [-0.2, -0.15) is 13.2 Å². The molecule has 1 aliphatic heterocycles. The quantitative estimate of drug-likeness (QED) is 0.652. The number of carbonyl (C=O) groups excluding carboxylic acids is 1. The Morgan fingerprint density at radius 1 is 0.963 bits per heavy atom. The van der Waals surface area contributed by atoms with Gasteiger partial charge in [0.15, 0.2) is 0 Å². The third-order valence-corrected chi connectivity index (χ3v) is 4.77. The number of anilines is 1. The molecule has 0 spiro atoms. The molecule has 3 aromatic carbocycles. The number of nitrogens with zero attached hydrogens (tertiary/aromatic N) is 2. The van der Waals surface area contributed by atoms with E-state index in [1.807, 2.05) is 48.3 Å². The Balaban J connectivity index is 1.52.